The molecule has 0 amide bonds. The van der Waals surface area contributed by atoms with Crippen LogP contribution in [0.3, 0.4) is 0 Å². The van der Waals surface area contributed by atoms with Gasteiger partial charge in [-0.15, -0.1) is 0 Å². The van der Waals surface area contributed by atoms with Crippen LogP contribution >= 0.6 is 15.9 Å². The lowest BCUT2D eigenvalue weighted by Gasteiger charge is -2.08. The predicted octanol–water partition coefficient (Wildman–Crippen LogP) is 2.24. The van der Waals surface area contributed by atoms with Crippen LogP contribution in [0, 0.1) is 6.92 Å². The molecule has 0 radical (unpaired) electrons. The molecule has 2 N–H and O–H groups in total. The van der Waals surface area contributed by atoms with E-state index in [9.17, 15) is 13.2 Å². The Morgan fingerprint density at radius 1 is 1.50 bits per heavy atom. The van der Waals surface area contributed by atoms with Crippen molar-refractivity contribution in [3.8, 4) is 0 Å². The molecular formula is C11H9BrN2O5S. The zero-order valence-corrected chi connectivity index (χ0v) is 12.5. The van der Waals surface area contributed by atoms with E-state index in [1.165, 1.54) is 6.20 Å². The first-order valence-electron chi connectivity index (χ1n) is 5.28. The van der Waals surface area contributed by atoms with Gasteiger partial charge < -0.3 is 9.52 Å². The standard InChI is InChI=1S/C11H9BrN2O5S/c1-6-7(3-2-4-13-6)14-20(17,18)9-5-8(11(15)16)19-10(9)12/h2-5,14H,1H3,(H,15,16). The van der Waals surface area contributed by atoms with Crippen molar-refractivity contribution in [2.45, 2.75) is 11.8 Å². The van der Waals surface area contributed by atoms with Crippen LogP contribution in [0.5, 0.6) is 0 Å². The van der Waals surface area contributed by atoms with Gasteiger partial charge in [-0.2, -0.15) is 0 Å². The quantitative estimate of drug-likeness (QED) is 0.864. The summed E-state index contributed by atoms with van der Waals surface area (Å²) in [7, 11) is -3.97. The minimum atomic E-state index is -3.97. The molecule has 2 rings (SSSR count). The molecule has 0 unspecified atom stereocenters. The summed E-state index contributed by atoms with van der Waals surface area (Å²) in [4.78, 5) is 14.4. The fourth-order valence-corrected chi connectivity index (χ4v) is 3.49. The molecule has 0 saturated heterocycles. The fourth-order valence-electron chi connectivity index (χ4n) is 1.43. The summed E-state index contributed by atoms with van der Waals surface area (Å²) in [5.74, 6) is -1.83. The van der Waals surface area contributed by atoms with E-state index in [1.54, 1.807) is 19.1 Å². The third kappa shape index (κ3) is 2.83. The van der Waals surface area contributed by atoms with Crippen molar-refractivity contribution in [2.75, 3.05) is 4.72 Å². The van der Waals surface area contributed by atoms with E-state index >= 15 is 0 Å². The SMILES string of the molecule is Cc1ncccc1NS(=O)(=O)c1cc(C(=O)O)oc1Br. The Balaban J connectivity index is 2.41. The molecule has 0 bridgehead atoms. The first kappa shape index (κ1) is 14.5. The average Bonchev–Trinajstić information content (AvgIpc) is 2.75. The van der Waals surface area contributed by atoms with Crippen LogP contribution in [0.2, 0.25) is 0 Å². The molecule has 0 fully saturated rings. The number of halogens is 1. The Labute approximate surface area is 122 Å². The van der Waals surface area contributed by atoms with Crippen molar-refractivity contribution in [1.29, 1.82) is 0 Å². The Morgan fingerprint density at radius 2 is 2.20 bits per heavy atom. The lowest BCUT2D eigenvalue weighted by atomic mass is 10.3. The predicted molar refractivity (Wildman–Crippen MR) is 73.1 cm³/mol. The third-order valence-corrected chi connectivity index (χ3v) is 4.63. The van der Waals surface area contributed by atoms with Crippen LogP contribution in [-0.4, -0.2) is 24.5 Å². The van der Waals surface area contributed by atoms with Gasteiger partial charge in [-0.1, -0.05) is 0 Å². The highest BCUT2D eigenvalue weighted by molar-refractivity contribution is 9.10. The molecule has 0 aliphatic heterocycles. The van der Waals surface area contributed by atoms with Crippen LogP contribution < -0.4 is 4.72 Å². The Hall–Kier alpha value is -1.87. The van der Waals surface area contributed by atoms with Crippen LogP contribution in [0.4, 0.5) is 5.69 Å². The van der Waals surface area contributed by atoms with E-state index in [4.69, 9.17) is 9.52 Å². The molecule has 7 nitrogen and oxygen atoms in total. The number of carboxylic acid groups (broad SMARTS) is 1. The second kappa shape index (κ2) is 5.25. The first-order chi connectivity index (χ1) is 9.31. The number of furan rings is 1. The maximum atomic E-state index is 12.2. The van der Waals surface area contributed by atoms with Gasteiger partial charge in [0.1, 0.15) is 4.90 Å². The normalized spacial score (nSPS) is 11.3. The summed E-state index contributed by atoms with van der Waals surface area (Å²) in [5.41, 5.74) is 0.798. The second-order valence-electron chi connectivity index (χ2n) is 3.80. The highest BCUT2D eigenvalue weighted by Gasteiger charge is 2.25. The third-order valence-electron chi connectivity index (χ3n) is 2.41. The van der Waals surface area contributed by atoms with Gasteiger partial charge in [-0.3, -0.25) is 9.71 Å². The van der Waals surface area contributed by atoms with Crippen molar-refractivity contribution in [3.63, 3.8) is 0 Å². The lowest BCUT2D eigenvalue weighted by molar-refractivity contribution is 0.0661. The van der Waals surface area contributed by atoms with E-state index in [2.05, 4.69) is 25.6 Å². The van der Waals surface area contributed by atoms with Gasteiger partial charge in [0, 0.05) is 12.3 Å². The van der Waals surface area contributed by atoms with E-state index < -0.39 is 21.8 Å². The van der Waals surface area contributed by atoms with E-state index in [0.717, 1.165) is 6.07 Å². The maximum Gasteiger partial charge on any atom is 0.371 e. The van der Waals surface area contributed by atoms with Gasteiger partial charge in [0.2, 0.25) is 5.76 Å². The highest BCUT2D eigenvalue weighted by atomic mass is 79.9. The number of hydrogen-bond acceptors (Lipinski definition) is 5. The number of aromatic carboxylic acids is 1. The van der Waals surface area contributed by atoms with Gasteiger partial charge in [-0.05, 0) is 35.0 Å². The molecule has 0 aromatic carbocycles. The molecule has 20 heavy (non-hydrogen) atoms. The van der Waals surface area contributed by atoms with Crippen LogP contribution in [0.25, 0.3) is 0 Å². The molecular weight excluding hydrogens is 352 g/mol. The van der Waals surface area contributed by atoms with Crippen LogP contribution in [-0.2, 0) is 10.0 Å². The molecule has 0 saturated carbocycles. The van der Waals surface area contributed by atoms with Crippen molar-refractivity contribution >= 4 is 37.6 Å². The zero-order chi connectivity index (χ0) is 14.9. The van der Waals surface area contributed by atoms with E-state index in [0.29, 0.717) is 11.4 Å². The second-order valence-corrected chi connectivity index (χ2v) is 6.17. The van der Waals surface area contributed by atoms with Crippen molar-refractivity contribution < 1.29 is 22.7 Å². The van der Waals surface area contributed by atoms with Crippen molar-refractivity contribution in [3.05, 3.63) is 40.5 Å². The molecule has 0 atom stereocenters. The number of aromatic nitrogens is 1. The number of sulfonamides is 1. The van der Waals surface area contributed by atoms with Gasteiger partial charge in [-0.25, -0.2) is 13.2 Å². The molecule has 2 aromatic rings. The molecule has 2 aromatic heterocycles. The van der Waals surface area contributed by atoms with E-state index in [-0.39, 0.29) is 9.56 Å². The lowest BCUT2D eigenvalue weighted by Crippen LogP contribution is -2.14. The van der Waals surface area contributed by atoms with Crippen molar-refractivity contribution in [2.24, 2.45) is 0 Å². The summed E-state index contributed by atoms with van der Waals surface area (Å²) in [6.45, 7) is 1.64. The first-order valence-corrected chi connectivity index (χ1v) is 7.56. The molecule has 0 spiro atoms. The number of rotatable bonds is 4. The molecule has 0 aliphatic carbocycles. The van der Waals surface area contributed by atoms with Gasteiger partial charge in [0.15, 0.2) is 4.67 Å². The number of nitrogens with zero attached hydrogens (tertiary/aromatic N) is 1. The fraction of sp³-hybridized carbons (Fsp3) is 0.0909. The smallest absolute Gasteiger partial charge is 0.371 e. The molecule has 2 heterocycles. The molecule has 9 heteroatoms. The van der Waals surface area contributed by atoms with E-state index in [1.807, 2.05) is 0 Å². The summed E-state index contributed by atoms with van der Waals surface area (Å²) < 4.78 is 31.3. The van der Waals surface area contributed by atoms with Crippen LogP contribution in [0.1, 0.15) is 16.2 Å². The number of carboxylic acids is 1. The Morgan fingerprint density at radius 3 is 2.75 bits per heavy atom. The monoisotopic (exact) mass is 360 g/mol. The number of pyridine rings is 1. The van der Waals surface area contributed by atoms with Gasteiger partial charge in [0.05, 0.1) is 11.4 Å². The summed E-state index contributed by atoms with van der Waals surface area (Å²) in [5, 5.41) is 8.78. The zero-order valence-electron chi connectivity index (χ0n) is 10.1. The minimum Gasteiger partial charge on any atom is -0.475 e. The summed E-state index contributed by atoms with van der Waals surface area (Å²) >= 11 is 2.89. The number of carbonyl (C=O) groups is 1. The minimum absolute atomic E-state index is 0.177. The average molecular weight is 361 g/mol. The molecule has 106 valence electrons. The van der Waals surface area contributed by atoms with Gasteiger partial charge >= 0.3 is 5.97 Å². The van der Waals surface area contributed by atoms with Crippen LogP contribution in [0.15, 0.2) is 38.4 Å². The molecule has 0 aliphatic rings. The number of anilines is 1. The number of hydrogen-bond donors (Lipinski definition) is 2. The van der Waals surface area contributed by atoms with Gasteiger partial charge in [0.25, 0.3) is 10.0 Å². The summed E-state index contributed by atoms with van der Waals surface area (Å²) in [6.07, 6.45) is 1.53. The topological polar surface area (TPSA) is 110 Å². The maximum absolute atomic E-state index is 12.2. The highest BCUT2D eigenvalue weighted by Crippen LogP contribution is 2.28. The Kier molecular flexibility index (Phi) is 3.82. The summed E-state index contributed by atoms with van der Waals surface area (Å²) in [6, 6.07) is 4.06. The Bertz CT molecular complexity index is 769. The van der Waals surface area contributed by atoms with Crippen molar-refractivity contribution in [1.82, 2.24) is 4.98 Å². The number of aryl methyl sites for hydroxylation is 1. The number of nitrogens with one attached hydrogen (secondary N) is 1. The largest absolute Gasteiger partial charge is 0.475 e.